The number of β-amino-alcohol motifs (C(OH)–C–C–N with tert-alkyl or cyclic N) is 1. The lowest BCUT2D eigenvalue weighted by Gasteiger charge is -2.44. The Bertz CT molecular complexity index is 514. The van der Waals surface area contributed by atoms with Crippen LogP contribution in [0.4, 0.5) is 0 Å². The van der Waals surface area contributed by atoms with Crippen LogP contribution in [0.25, 0.3) is 0 Å². The molecule has 21 heavy (non-hydrogen) atoms. The van der Waals surface area contributed by atoms with Gasteiger partial charge in [0.1, 0.15) is 5.54 Å². The predicted molar refractivity (Wildman–Crippen MR) is 78.5 cm³/mol. The fourth-order valence-electron chi connectivity index (χ4n) is 3.84. The molecule has 2 fully saturated rings. The van der Waals surface area contributed by atoms with Gasteiger partial charge in [-0.05, 0) is 38.3 Å². The van der Waals surface area contributed by atoms with Crippen molar-refractivity contribution >= 4 is 5.91 Å². The second-order valence-corrected chi connectivity index (χ2v) is 6.12. The van der Waals surface area contributed by atoms with Gasteiger partial charge in [0, 0.05) is 32.9 Å². The molecule has 1 aromatic heterocycles. The molecule has 1 atom stereocenters. The van der Waals surface area contributed by atoms with Gasteiger partial charge in [-0.1, -0.05) is 0 Å². The second-order valence-electron chi connectivity index (χ2n) is 6.12. The quantitative estimate of drug-likeness (QED) is 0.871. The van der Waals surface area contributed by atoms with Crippen LogP contribution in [0.3, 0.4) is 0 Å². The van der Waals surface area contributed by atoms with Crippen LogP contribution in [0.15, 0.2) is 12.3 Å². The van der Waals surface area contributed by atoms with Gasteiger partial charge in [-0.25, -0.2) is 0 Å². The molecule has 1 spiro atoms. The first-order valence-corrected chi connectivity index (χ1v) is 7.79. The van der Waals surface area contributed by atoms with E-state index in [1.807, 2.05) is 22.7 Å². The number of rotatable bonds is 4. The monoisotopic (exact) mass is 292 g/mol. The first-order chi connectivity index (χ1) is 10.2. The summed E-state index contributed by atoms with van der Waals surface area (Å²) >= 11 is 0. The van der Waals surface area contributed by atoms with Gasteiger partial charge in [0.25, 0.3) is 0 Å². The molecule has 0 aromatic carbocycles. The van der Waals surface area contributed by atoms with Crippen molar-refractivity contribution in [3.63, 3.8) is 0 Å². The molecule has 1 amide bonds. The largest absolute Gasteiger partial charge is 0.395 e. The third kappa shape index (κ3) is 2.46. The standard InChI is InChI=1S/C15H24N4O2/c1-17-13(4-7-16-17)12-19-9-3-6-15(19)5-2-8-18(10-11-20)14(15)21/h4,7,20H,2-3,5-6,8-12H2,1H3. The van der Waals surface area contributed by atoms with E-state index in [-0.39, 0.29) is 18.1 Å². The molecule has 6 heteroatoms. The van der Waals surface area contributed by atoms with Crippen LogP contribution in [-0.2, 0) is 18.4 Å². The number of nitrogens with zero attached hydrogens (tertiary/aromatic N) is 4. The average molecular weight is 292 g/mol. The lowest BCUT2D eigenvalue weighted by Crippen LogP contribution is -2.60. The van der Waals surface area contributed by atoms with E-state index >= 15 is 0 Å². The maximum absolute atomic E-state index is 12.9. The number of amides is 1. The van der Waals surface area contributed by atoms with Crippen LogP contribution in [0.2, 0.25) is 0 Å². The summed E-state index contributed by atoms with van der Waals surface area (Å²) in [5.41, 5.74) is 0.792. The minimum atomic E-state index is -0.350. The van der Waals surface area contributed by atoms with Crippen molar-refractivity contribution in [3.05, 3.63) is 18.0 Å². The van der Waals surface area contributed by atoms with E-state index in [9.17, 15) is 4.79 Å². The molecule has 3 rings (SSSR count). The molecule has 0 radical (unpaired) electrons. The molecule has 1 unspecified atom stereocenters. The van der Waals surface area contributed by atoms with Crippen LogP contribution >= 0.6 is 0 Å². The van der Waals surface area contributed by atoms with Crippen molar-refractivity contribution in [3.8, 4) is 0 Å². The van der Waals surface area contributed by atoms with Crippen molar-refractivity contribution < 1.29 is 9.90 Å². The third-order valence-electron chi connectivity index (χ3n) is 4.97. The molecule has 0 saturated carbocycles. The SMILES string of the molecule is Cn1nccc1CN1CCCC12CCCN(CCO)C2=O. The Labute approximate surface area is 125 Å². The van der Waals surface area contributed by atoms with E-state index in [2.05, 4.69) is 10.00 Å². The van der Waals surface area contributed by atoms with Gasteiger partial charge in [-0.3, -0.25) is 14.4 Å². The Morgan fingerprint density at radius 2 is 2.10 bits per heavy atom. The fraction of sp³-hybridized carbons (Fsp3) is 0.733. The summed E-state index contributed by atoms with van der Waals surface area (Å²) in [5, 5.41) is 13.4. The number of hydrogen-bond acceptors (Lipinski definition) is 4. The number of carbonyl (C=O) groups excluding carboxylic acids is 1. The first kappa shape index (κ1) is 14.5. The minimum absolute atomic E-state index is 0.0452. The zero-order valence-electron chi connectivity index (χ0n) is 12.7. The predicted octanol–water partition coefficient (Wildman–Crippen LogP) is 0.369. The normalized spacial score (nSPS) is 27.0. The Balaban J connectivity index is 1.81. The van der Waals surface area contributed by atoms with Crippen LogP contribution in [0.1, 0.15) is 31.4 Å². The van der Waals surface area contributed by atoms with Crippen molar-refractivity contribution in [1.29, 1.82) is 0 Å². The number of aliphatic hydroxyl groups is 1. The fourth-order valence-corrected chi connectivity index (χ4v) is 3.84. The highest BCUT2D eigenvalue weighted by Gasteiger charge is 2.50. The molecule has 2 aliphatic heterocycles. The Morgan fingerprint density at radius 3 is 2.76 bits per heavy atom. The van der Waals surface area contributed by atoms with Gasteiger partial charge in [-0.15, -0.1) is 0 Å². The molecular formula is C15H24N4O2. The molecular weight excluding hydrogens is 268 g/mol. The van der Waals surface area contributed by atoms with Crippen molar-refractivity contribution in [2.24, 2.45) is 7.05 Å². The highest BCUT2D eigenvalue weighted by atomic mass is 16.3. The molecule has 6 nitrogen and oxygen atoms in total. The van der Waals surface area contributed by atoms with Crippen molar-refractivity contribution in [1.82, 2.24) is 19.6 Å². The summed E-state index contributed by atoms with van der Waals surface area (Å²) in [5.74, 6) is 0.211. The van der Waals surface area contributed by atoms with E-state index in [1.54, 1.807) is 6.20 Å². The Morgan fingerprint density at radius 1 is 1.33 bits per heavy atom. The van der Waals surface area contributed by atoms with Crippen LogP contribution in [-0.4, -0.2) is 62.4 Å². The van der Waals surface area contributed by atoms with Crippen LogP contribution < -0.4 is 0 Å². The highest BCUT2D eigenvalue weighted by molar-refractivity contribution is 5.87. The van der Waals surface area contributed by atoms with Gasteiger partial charge in [0.2, 0.25) is 5.91 Å². The summed E-state index contributed by atoms with van der Waals surface area (Å²) in [7, 11) is 1.94. The van der Waals surface area contributed by atoms with Gasteiger partial charge < -0.3 is 10.0 Å². The molecule has 3 heterocycles. The zero-order valence-corrected chi connectivity index (χ0v) is 12.7. The molecule has 2 aliphatic rings. The van der Waals surface area contributed by atoms with Gasteiger partial charge in [0.15, 0.2) is 0 Å². The third-order valence-corrected chi connectivity index (χ3v) is 4.97. The summed E-state index contributed by atoms with van der Waals surface area (Å²) in [6.07, 6.45) is 5.76. The zero-order chi connectivity index (χ0) is 14.9. The Kier molecular flexibility index (Phi) is 3.99. The van der Waals surface area contributed by atoms with Crippen LogP contribution in [0, 0.1) is 0 Å². The van der Waals surface area contributed by atoms with E-state index in [1.165, 1.54) is 0 Å². The highest BCUT2D eigenvalue weighted by Crippen LogP contribution is 2.39. The molecule has 116 valence electrons. The lowest BCUT2D eigenvalue weighted by molar-refractivity contribution is -0.148. The molecule has 1 N–H and O–H groups in total. The number of likely N-dealkylation sites (tertiary alicyclic amines) is 2. The maximum Gasteiger partial charge on any atom is 0.243 e. The van der Waals surface area contributed by atoms with Crippen molar-refractivity contribution in [2.75, 3.05) is 26.2 Å². The summed E-state index contributed by atoms with van der Waals surface area (Å²) in [6, 6.07) is 2.02. The molecule has 0 bridgehead atoms. The second kappa shape index (κ2) is 5.77. The van der Waals surface area contributed by atoms with E-state index in [0.29, 0.717) is 6.54 Å². The van der Waals surface area contributed by atoms with E-state index in [0.717, 1.165) is 51.0 Å². The van der Waals surface area contributed by atoms with Gasteiger partial charge >= 0.3 is 0 Å². The number of aromatic nitrogens is 2. The summed E-state index contributed by atoms with van der Waals surface area (Å²) in [4.78, 5) is 17.1. The van der Waals surface area contributed by atoms with Crippen LogP contribution in [0.5, 0.6) is 0 Å². The Hall–Kier alpha value is -1.40. The topological polar surface area (TPSA) is 61.6 Å². The van der Waals surface area contributed by atoms with E-state index < -0.39 is 0 Å². The maximum atomic E-state index is 12.9. The van der Waals surface area contributed by atoms with Crippen molar-refractivity contribution in [2.45, 2.75) is 37.8 Å². The number of aliphatic hydroxyl groups excluding tert-OH is 1. The number of hydrogen-bond donors (Lipinski definition) is 1. The molecule has 0 aliphatic carbocycles. The average Bonchev–Trinajstić information content (AvgIpc) is 3.05. The summed E-state index contributed by atoms with van der Waals surface area (Å²) in [6.45, 7) is 3.02. The minimum Gasteiger partial charge on any atom is -0.395 e. The van der Waals surface area contributed by atoms with Gasteiger partial charge in [-0.2, -0.15) is 5.10 Å². The number of carbonyl (C=O) groups is 1. The van der Waals surface area contributed by atoms with E-state index in [4.69, 9.17) is 5.11 Å². The number of aryl methyl sites for hydroxylation is 1. The number of piperidine rings is 1. The molecule has 1 aromatic rings. The smallest absolute Gasteiger partial charge is 0.243 e. The van der Waals surface area contributed by atoms with Gasteiger partial charge in [0.05, 0.1) is 12.3 Å². The first-order valence-electron chi connectivity index (χ1n) is 7.79. The summed E-state index contributed by atoms with van der Waals surface area (Å²) < 4.78 is 1.88. The molecule has 2 saturated heterocycles. The lowest BCUT2D eigenvalue weighted by atomic mass is 9.85.